The molecule has 0 aromatic heterocycles. The predicted octanol–water partition coefficient (Wildman–Crippen LogP) is 1.42. The van der Waals surface area contributed by atoms with Crippen LogP contribution < -0.4 is 4.72 Å². The van der Waals surface area contributed by atoms with Gasteiger partial charge in [0.25, 0.3) is 0 Å². The van der Waals surface area contributed by atoms with Crippen LogP contribution in [0, 0.1) is 0 Å². The van der Waals surface area contributed by atoms with Gasteiger partial charge in [-0.1, -0.05) is 15.9 Å². The first-order valence-electron chi connectivity index (χ1n) is 5.05. The summed E-state index contributed by atoms with van der Waals surface area (Å²) in [5.74, 6) is -2.99. The predicted molar refractivity (Wildman–Crippen MR) is 75.8 cm³/mol. The Labute approximate surface area is 131 Å². The lowest BCUT2D eigenvalue weighted by Gasteiger charge is -2.14. The molecule has 20 heavy (non-hydrogen) atoms. The van der Waals surface area contributed by atoms with Crippen molar-refractivity contribution < 1.29 is 28.2 Å². The molecule has 0 amide bonds. The molecular formula is C10H9Br2NO6S. The number of carboxylic acid groups (broad SMARTS) is 2. The fraction of sp³-hybridized carbons (Fsp3) is 0.200. The minimum absolute atomic E-state index is 0.183. The Morgan fingerprint density at radius 1 is 1.25 bits per heavy atom. The van der Waals surface area contributed by atoms with Crippen molar-refractivity contribution in [1.29, 1.82) is 0 Å². The highest BCUT2D eigenvalue weighted by atomic mass is 79.9. The van der Waals surface area contributed by atoms with Gasteiger partial charge in [-0.15, -0.1) is 0 Å². The Bertz CT molecular complexity index is 645. The molecule has 0 fully saturated rings. The summed E-state index contributed by atoms with van der Waals surface area (Å²) in [6.07, 6.45) is -0.858. The Morgan fingerprint density at radius 3 is 2.30 bits per heavy atom. The van der Waals surface area contributed by atoms with Crippen molar-refractivity contribution in [2.75, 3.05) is 0 Å². The van der Waals surface area contributed by atoms with Crippen molar-refractivity contribution in [3.05, 3.63) is 27.1 Å². The third-order valence-corrected chi connectivity index (χ3v) is 5.10. The number of carboxylic acids is 2. The second-order valence-corrected chi connectivity index (χ2v) is 7.14. The second-order valence-electron chi connectivity index (χ2n) is 3.68. The number of halogens is 2. The molecule has 0 aliphatic rings. The van der Waals surface area contributed by atoms with Crippen LogP contribution in [0.25, 0.3) is 0 Å². The van der Waals surface area contributed by atoms with Crippen LogP contribution in [0.3, 0.4) is 0 Å². The summed E-state index contributed by atoms with van der Waals surface area (Å²) in [5, 5.41) is 17.4. The Hall–Kier alpha value is -0.970. The largest absolute Gasteiger partial charge is 0.481 e. The average molecular weight is 431 g/mol. The molecule has 1 aromatic carbocycles. The van der Waals surface area contributed by atoms with Crippen molar-refractivity contribution in [2.45, 2.75) is 17.4 Å². The fourth-order valence-electron chi connectivity index (χ4n) is 1.30. The van der Waals surface area contributed by atoms with E-state index in [9.17, 15) is 18.0 Å². The minimum atomic E-state index is -4.16. The Kier molecular flexibility index (Phi) is 5.68. The standard InChI is InChI=1S/C10H9Br2NO6S/c11-5-1-2-8(6(12)3-5)20(18,19)13-7(10(16)17)4-9(14)15/h1-3,7,13H,4H2,(H,14,15)(H,16,17). The molecule has 0 radical (unpaired) electrons. The molecule has 1 unspecified atom stereocenters. The van der Waals surface area contributed by atoms with Crippen LogP contribution in [-0.2, 0) is 19.6 Å². The van der Waals surface area contributed by atoms with Gasteiger partial charge in [0, 0.05) is 8.95 Å². The van der Waals surface area contributed by atoms with Crippen LogP contribution in [0.4, 0.5) is 0 Å². The minimum Gasteiger partial charge on any atom is -0.481 e. The zero-order chi connectivity index (χ0) is 15.5. The number of sulfonamides is 1. The number of hydrogen-bond donors (Lipinski definition) is 3. The van der Waals surface area contributed by atoms with Crippen LogP contribution in [0.15, 0.2) is 32.0 Å². The lowest BCUT2D eigenvalue weighted by molar-refractivity contribution is -0.145. The molecule has 0 bridgehead atoms. The highest BCUT2D eigenvalue weighted by Crippen LogP contribution is 2.25. The van der Waals surface area contributed by atoms with E-state index < -0.39 is 34.4 Å². The third kappa shape index (κ3) is 4.54. The Balaban J connectivity index is 3.09. The molecule has 1 atom stereocenters. The molecular weight excluding hydrogens is 422 g/mol. The van der Waals surface area contributed by atoms with E-state index in [1.807, 2.05) is 4.72 Å². The van der Waals surface area contributed by atoms with Crippen LogP contribution in [0.5, 0.6) is 0 Å². The quantitative estimate of drug-likeness (QED) is 0.627. The van der Waals surface area contributed by atoms with E-state index in [0.717, 1.165) is 0 Å². The van der Waals surface area contributed by atoms with E-state index in [4.69, 9.17) is 10.2 Å². The van der Waals surface area contributed by atoms with E-state index in [2.05, 4.69) is 31.9 Å². The van der Waals surface area contributed by atoms with Gasteiger partial charge in [-0.05, 0) is 34.1 Å². The van der Waals surface area contributed by atoms with Gasteiger partial charge in [-0.2, -0.15) is 4.72 Å². The molecule has 0 aliphatic heterocycles. The summed E-state index contributed by atoms with van der Waals surface area (Å²) in [4.78, 5) is 21.2. The molecule has 0 aliphatic carbocycles. The maximum atomic E-state index is 12.0. The van der Waals surface area contributed by atoms with E-state index in [1.54, 1.807) is 0 Å². The lowest BCUT2D eigenvalue weighted by atomic mass is 10.2. The van der Waals surface area contributed by atoms with Crippen LogP contribution in [0.1, 0.15) is 6.42 Å². The van der Waals surface area contributed by atoms with Gasteiger partial charge in [0.1, 0.15) is 6.04 Å². The fourth-order valence-corrected chi connectivity index (χ4v) is 4.23. The normalized spacial score (nSPS) is 12.9. The first kappa shape index (κ1) is 17.1. The van der Waals surface area contributed by atoms with Crippen molar-refractivity contribution in [3.8, 4) is 0 Å². The molecule has 0 saturated carbocycles. The smallest absolute Gasteiger partial charge is 0.322 e. The molecule has 10 heteroatoms. The maximum Gasteiger partial charge on any atom is 0.322 e. The molecule has 0 saturated heterocycles. The summed E-state index contributed by atoms with van der Waals surface area (Å²) >= 11 is 6.20. The van der Waals surface area contributed by atoms with E-state index in [1.165, 1.54) is 18.2 Å². The number of carbonyl (C=O) groups is 2. The summed E-state index contributed by atoms with van der Waals surface area (Å²) < 4.78 is 26.8. The van der Waals surface area contributed by atoms with Gasteiger partial charge in [0.15, 0.2) is 0 Å². The van der Waals surface area contributed by atoms with Gasteiger partial charge < -0.3 is 10.2 Å². The second kappa shape index (κ2) is 6.66. The van der Waals surface area contributed by atoms with Gasteiger partial charge in [-0.3, -0.25) is 9.59 Å². The molecule has 3 N–H and O–H groups in total. The van der Waals surface area contributed by atoms with Gasteiger partial charge in [0.2, 0.25) is 10.0 Å². The van der Waals surface area contributed by atoms with Crippen molar-refractivity contribution in [1.82, 2.24) is 4.72 Å². The SMILES string of the molecule is O=C(O)CC(NS(=O)(=O)c1ccc(Br)cc1Br)C(=O)O. The first-order chi connectivity index (χ1) is 9.13. The highest BCUT2D eigenvalue weighted by molar-refractivity contribution is 9.11. The molecule has 0 heterocycles. The first-order valence-corrected chi connectivity index (χ1v) is 8.12. The lowest BCUT2D eigenvalue weighted by Crippen LogP contribution is -2.42. The van der Waals surface area contributed by atoms with Crippen LogP contribution in [0.2, 0.25) is 0 Å². The number of benzene rings is 1. The van der Waals surface area contributed by atoms with Crippen LogP contribution >= 0.6 is 31.9 Å². The molecule has 7 nitrogen and oxygen atoms in total. The van der Waals surface area contributed by atoms with Crippen molar-refractivity contribution in [2.24, 2.45) is 0 Å². The molecule has 110 valence electrons. The topological polar surface area (TPSA) is 121 Å². The summed E-state index contributed by atoms with van der Waals surface area (Å²) in [6.45, 7) is 0. The number of hydrogen-bond acceptors (Lipinski definition) is 4. The summed E-state index contributed by atoms with van der Waals surface area (Å²) in [6, 6.07) is 2.46. The van der Waals surface area contributed by atoms with Gasteiger partial charge in [0.05, 0.1) is 11.3 Å². The zero-order valence-corrected chi connectivity index (χ0v) is 13.7. The zero-order valence-electron chi connectivity index (χ0n) is 9.71. The summed E-state index contributed by atoms with van der Waals surface area (Å²) in [5.41, 5.74) is 0. The number of rotatable bonds is 6. The van der Waals surface area contributed by atoms with E-state index in [-0.39, 0.29) is 9.37 Å². The number of aliphatic carboxylic acids is 2. The number of nitrogens with one attached hydrogen (secondary N) is 1. The maximum absolute atomic E-state index is 12.0. The molecule has 1 rings (SSSR count). The van der Waals surface area contributed by atoms with E-state index >= 15 is 0 Å². The van der Waals surface area contributed by atoms with Crippen LogP contribution in [-0.4, -0.2) is 36.6 Å². The molecule has 0 spiro atoms. The molecule has 1 aromatic rings. The highest BCUT2D eigenvalue weighted by Gasteiger charge is 2.28. The average Bonchev–Trinajstić information content (AvgIpc) is 2.26. The van der Waals surface area contributed by atoms with Crippen molar-refractivity contribution in [3.63, 3.8) is 0 Å². The monoisotopic (exact) mass is 429 g/mol. The Morgan fingerprint density at radius 2 is 1.85 bits per heavy atom. The van der Waals surface area contributed by atoms with E-state index in [0.29, 0.717) is 4.47 Å². The third-order valence-electron chi connectivity index (χ3n) is 2.16. The van der Waals surface area contributed by atoms with Gasteiger partial charge in [-0.25, -0.2) is 8.42 Å². The van der Waals surface area contributed by atoms with Crippen molar-refractivity contribution >= 4 is 53.8 Å². The van der Waals surface area contributed by atoms with Gasteiger partial charge >= 0.3 is 11.9 Å². The summed E-state index contributed by atoms with van der Waals surface area (Å²) in [7, 11) is -4.16.